The van der Waals surface area contributed by atoms with Gasteiger partial charge in [0.05, 0.1) is 0 Å². The molecule has 0 spiro atoms. The van der Waals surface area contributed by atoms with E-state index >= 15 is 0 Å². The van der Waals surface area contributed by atoms with Crippen LogP contribution >= 0.6 is 0 Å². The summed E-state index contributed by atoms with van der Waals surface area (Å²) in [5.74, 6) is -0.562. The van der Waals surface area contributed by atoms with Crippen molar-refractivity contribution in [3.8, 4) is 0 Å². The number of hydrogen-bond donors (Lipinski definition) is 2. The summed E-state index contributed by atoms with van der Waals surface area (Å²) in [6.07, 6.45) is -2.30. The van der Waals surface area contributed by atoms with Gasteiger partial charge < -0.3 is 15.2 Å². The average Bonchev–Trinajstić information content (AvgIpc) is 2.15. The first-order valence-corrected chi connectivity index (χ1v) is 4.98. The van der Waals surface area contributed by atoms with Crippen molar-refractivity contribution in [1.29, 1.82) is 0 Å². The molecule has 0 atom stereocenters. The first kappa shape index (κ1) is 15.2. The van der Waals surface area contributed by atoms with E-state index in [0.29, 0.717) is 19.4 Å². The molecule has 7 heteroatoms. The zero-order valence-corrected chi connectivity index (χ0v) is 8.85. The van der Waals surface area contributed by atoms with Crippen molar-refractivity contribution >= 4 is 5.91 Å². The predicted octanol–water partition coefficient (Wildman–Crippen LogP) is 0.844. The Bertz CT molecular complexity index is 197. The lowest BCUT2D eigenvalue weighted by Crippen LogP contribution is -2.30. The summed E-state index contributed by atoms with van der Waals surface area (Å²) in [6.45, 7) is -1.51. The molecule has 0 aliphatic carbocycles. The Hall–Kier alpha value is -0.820. The van der Waals surface area contributed by atoms with Crippen LogP contribution in [0.25, 0.3) is 0 Å². The van der Waals surface area contributed by atoms with E-state index < -0.39 is 25.3 Å². The Balaban J connectivity index is 3.32. The van der Waals surface area contributed by atoms with Gasteiger partial charge in [0.15, 0.2) is 0 Å². The van der Waals surface area contributed by atoms with Crippen molar-refractivity contribution in [1.82, 2.24) is 5.32 Å². The summed E-state index contributed by atoms with van der Waals surface area (Å²) in [6, 6.07) is 0. The van der Waals surface area contributed by atoms with Gasteiger partial charge in [-0.1, -0.05) is 0 Å². The Morgan fingerprint density at radius 1 is 1.25 bits per heavy atom. The van der Waals surface area contributed by atoms with E-state index in [2.05, 4.69) is 10.1 Å². The molecule has 0 aliphatic rings. The van der Waals surface area contributed by atoms with E-state index in [9.17, 15) is 18.0 Å². The number of alkyl halides is 3. The van der Waals surface area contributed by atoms with Crippen molar-refractivity contribution in [2.75, 3.05) is 26.4 Å². The highest BCUT2D eigenvalue weighted by molar-refractivity contribution is 5.77. The van der Waals surface area contributed by atoms with Crippen LogP contribution in [0, 0.1) is 0 Å². The quantitative estimate of drug-likeness (QED) is 0.621. The second kappa shape index (κ2) is 8.35. The minimum atomic E-state index is -4.40. The summed E-state index contributed by atoms with van der Waals surface area (Å²) in [5, 5.41) is 10.9. The Morgan fingerprint density at radius 2 is 1.94 bits per heavy atom. The predicted molar refractivity (Wildman–Crippen MR) is 50.8 cm³/mol. The van der Waals surface area contributed by atoms with E-state index in [0.717, 1.165) is 6.42 Å². The fraction of sp³-hybridized carbons (Fsp3) is 0.889. The van der Waals surface area contributed by atoms with Gasteiger partial charge in [0.1, 0.15) is 13.2 Å². The van der Waals surface area contributed by atoms with Crippen LogP contribution < -0.4 is 5.32 Å². The molecule has 4 nitrogen and oxygen atoms in total. The standard InChI is InChI=1S/C9H16F3NO3/c10-9(11,12)7-16-6-8(15)13-4-2-1-3-5-14/h14H,1-7H2,(H,13,15). The van der Waals surface area contributed by atoms with Crippen molar-refractivity contribution in [3.05, 3.63) is 0 Å². The molecule has 0 bridgehead atoms. The number of aliphatic hydroxyl groups is 1. The van der Waals surface area contributed by atoms with Crippen molar-refractivity contribution in [2.24, 2.45) is 0 Å². The summed E-state index contributed by atoms with van der Waals surface area (Å²) in [4.78, 5) is 10.9. The van der Waals surface area contributed by atoms with Crippen LogP contribution in [0.2, 0.25) is 0 Å². The van der Waals surface area contributed by atoms with Crippen LogP contribution in [0.15, 0.2) is 0 Å². The van der Waals surface area contributed by atoms with Crippen LogP contribution in [0.5, 0.6) is 0 Å². The number of hydrogen-bond acceptors (Lipinski definition) is 3. The zero-order valence-electron chi connectivity index (χ0n) is 8.85. The lowest BCUT2D eigenvalue weighted by Gasteiger charge is -2.08. The summed E-state index contributed by atoms with van der Waals surface area (Å²) in [5.41, 5.74) is 0. The highest BCUT2D eigenvalue weighted by atomic mass is 19.4. The zero-order chi connectivity index (χ0) is 12.4. The second-order valence-electron chi connectivity index (χ2n) is 3.24. The number of carbonyl (C=O) groups excluding carboxylic acids is 1. The van der Waals surface area contributed by atoms with Crippen molar-refractivity contribution in [3.63, 3.8) is 0 Å². The number of ether oxygens (including phenoxy) is 1. The number of unbranched alkanes of at least 4 members (excludes halogenated alkanes) is 2. The highest BCUT2D eigenvalue weighted by Crippen LogP contribution is 2.13. The third kappa shape index (κ3) is 11.3. The molecule has 0 fully saturated rings. The molecule has 2 N–H and O–H groups in total. The average molecular weight is 243 g/mol. The molecular formula is C9H16F3NO3. The van der Waals surface area contributed by atoms with Gasteiger partial charge in [-0.25, -0.2) is 0 Å². The molecule has 0 aliphatic heterocycles. The topological polar surface area (TPSA) is 58.6 Å². The Morgan fingerprint density at radius 3 is 2.50 bits per heavy atom. The molecule has 0 saturated carbocycles. The Kier molecular flexibility index (Phi) is 7.92. The molecule has 1 amide bonds. The molecular weight excluding hydrogens is 227 g/mol. The number of carbonyl (C=O) groups is 1. The lowest BCUT2D eigenvalue weighted by molar-refractivity contribution is -0.175. The second-order valence-corrected chi connectivity index (χ2v) is 3.24. The number of nitrogens with one attached hydrogen (secondary N) is 1. The normalized spacial score (nSPS) is 11.5. The van der Waals surface area contributed by atoms with Crippen LogP contribution in [0.4, 0.5) is 13.2 Å². The molecule has 0 aromatic heterocycles. The van der Waals surface area contributed by atoms with Gasteiger partial charge in [-0.2, -0.15) is 13.2 Å². The maximum absolute atomic E-state index is 11.6. The summed E-state index contributed by atoms with van der Waals surface area (Å²) >= 11 is 0. The van der Waals surface area contributed by atoms with Gasteiger partial charge in [0.2, 0.25) is 5.91 Å². The fourth-order valence-corrected chi connectivity index (χ4v) is 0.952. The van der Waals surface area contributed by atoms with Gasteiger partial charge in [-0.3, -0.25) is 4.79 Å². The van der Waals surface area contributed by atoms with Crippen LogP contribution in [-0.2, 0) is 9.53 Å². The monoisotopic (exact) mass is 243 g/mol. The van der Waals surface area contributed by atoms with Crippen molar-refractivity contribution in [2.45, 2.75) is 25.4 Å². The Labute approximate surface area is 91.8 Å². The van der Waals surface area contributed by atoms with Crippen LogP contribution in [0.3, 0.4) is 0 Å². The fourth-order valence-electron chi connectivity index (χ4n) is 0.952. The molecule has 0 heterocycles. The van der Waals surface area contributed by atoms with E-state index in [1.807, 2.05) is 0 Å². The third-order valence-corrected chi connectivity index (χ3v) is 1.66. The largest absolute Gasteiger partial charge is 0.411 e. The van der Waals surface area contributed by atoms with Gasteiger partial charge in [0, 0.05) is 13.2 Å². The van der Waals surface area contributed by atoms with Crippen molar-refractivity contribution < 1.29 is 27.8 Å². The SMILES string of the molecule is O=C(COCC(F)(F)F)NCCCCCO. The maximum atomic E-state index is 11.6. The highest BCUT2D eigenvalue weighted by Gasteiger charge is 2.27. The minimum absolute atomic E-state index is 0.0998. The first-order valence-electron chi connectivity index (χ1n) is 4.98. The third-order valence-electron chi connectivity index (χ3n) is 1.66. The molecule has 0 saturated heterocycles. The van der Waals surface area contributed by atoms with Gasteiger partial charge in [-0.15, -0.1) is 0 Å². The van der Waals surface area contributed by atoms with E-state index in [1.165, 1.54) is 0 Å². The summed E-state index contributed by atoms with van der Waals surface area (Å²) < 4.78 is 39.0. The van der Waals surface area contributed by atoms with Crippen LogP contribution in [0.1, 0.15) is 19.3 Å². The lowest BCUT2D eigenvalue weighted by atomic mass is 10.2. The maximum Gasteiger partial charge on any atom is 0.411 e. The number of rotatable bonds is 8. The first-order chi connectivity index (χ1) is 7.45. The molecule has 0 aromatic rings. The van der Waals surface area contributed by atoms with Gasteiger partial charge in [-0.05, 0) is 19.3 Å². The van der Waals surface area contributed by atoms with Crippen LogP contribution in [-0.4, -0.2) is 43.6 Å². The van der Waals surface area contributed by atoms with E-state index in [-0.39, 0.29) is 6.61 Å². The summed E-state index contributed by atoms with van der Waals surface area (Å²) in [7, 11) is 0. The van der Waals surface area contributed by atoms with Gasteiger partial charge in [0.25, 0.3) is 0 Å². The van der Waals surface area contributed by atoms with E-state index in [1.54, 1.807) is 0 Å². The number of halogens is 3. The number of aliphatic hydroxyl groups excluding tert-OH is 1. The van der Waals surface area contributed by atoms with E-state index in [4.69, 9.17) is 5.11 Å². The molecule has 0 rings (SSSR count). The molecule has 0 radical (unpaired) electrons. The minimum Gasteiger partial charge on any atom is -0.396 e. The molecule has 16 heavy (non-hydrogen) atoms. The smallest absolute Gasteiger partial charge is 0.396 e. The van der Waals surface area contributed by atoms with Gasteiger partial charge >= 0.3 is 6.18 Å². The molecule has 0 unspecified atom stereocenters. The number of amides is 1. The molecule has 0 aromatic carbocycles. The molecule has 96 valence electrons.